The van der Waals surface area contributed by atoms with Gasteiger partial charge in [0.15, 0.2) is 0 Å². The van der Waals surface area contributed by atoms with Crippen LogP contribution in [0, 0.1) is 0 Å². The Morgan fingerprint density at radius 1 is 1.32 bits per heavy atom. The van der Waals surface area contributed by atoms with Gasteiger partial charge in [-0.2, -0.15) is 4.31 Å². The quantitative estimate of drug-likeness (QED) is 0.829. The van der Waals surface area contributed by atoms with Gasteiger partial charge >= 0.3 is 5.97 Å². The number of amides is 1. The van der Waals surface area contributed by atoms with Crippen molar-refractivity contribution < 1.29 is 23.1 Å². The Hall–Kier alpha value is -2.00. The van der Waals surface area contributed by atoms with Gasteiger partial charge in [-0.15, -0.1) is 0 Å². The van der Waals surface area contributed by atoms with E-state index < -0.39 is 16.0 Å². The smallest absolute Gasteiger partial charge is 0.354 e. The maximum atomic E-state index is 12.4. The van der Waals surface area contributed by atoms with E-state index in [9.17, 15) is 18.0 Å². The summed E-state index contributed by atoms with van der Waals surface area (Å²) in [5.74, 6) is -1.45. The Balaban J connectivity index is 2.10. The maximum Gasteiger partial charge on any atom is 0.354 e. The molecular formula is C13H17N3O5S. The van der Waals surface area contributed by atoms with Gasteiger partial charge in [-0.3, -0.25) is 4.79 Å². The second-order valence-corrected chi connectivity index (χ2v) is 7.15. The van der Waals surface area contributed by atoms with Gasteiger partial charge < -0.3 is 10.0 Å². The molecule has 2 rings (SSSR count). The van der Waals surface area contributed by atoms with E-state index in [-0.39, 0.29) is 42.8 Å². The molecule has 1 atom stereocenters. The van der Waals surface area contributed by atoms with E-state index in [2.05, 4.69) is 4.98 Å². The lowest BCUT2D eigenvalue weighted by atomic mass is 10.2. The third-order valence-electron chi connectivity index (χ3n) is 3.51. The number of aromatic nitrogens is 1. The number of rotatable bonds is 3. The summed E-state index contributed by atoms with van der Waals surface area (Å²) in [5, 5.41) is 8.78. The van der Waals surface area contributed by atoms with Crippen LogP contribution >= 0.6 is 0 Å². The molecule has 1 amide bonds. The first-order chi connectivity index (χ1) is 10.2. The molecule has 2 heterocycles. The fourth-order valence-electron chi connectivity index (χ4n) is 2.45. The van der Waals surface area contributed by atoms with E-state index in [0.717, 1.165) is 6.26 Å². The number of nitrogens with zero attached hydrogens (tertiary/aromatic N) is 3. The number of carbonyl (C=O) groups is 2. The normalized spacial score (nSPS) is 19.9. The first-order valence-corrected chi connectivity index (χ1v) is 8.50. The number of carboxylic acids is 1. The summed E-state index contributed by atoms with van der Waals surface area (Å²) in [6.45, 7) is 2.56. The number of carboxylic acid groups (broad SMARTS) is 1. The van der Waals surface area contributed by atoms with E-state index in [1.807, 2.05) is 0 Å². The van der Waals surface area contributed by atoms with E-state index in [1.54, 1.807) is 11.8 Å². The molecule has 0 aliphatic carbocycles. The molecule has 1 fully saturated rings. The van der Waals surface area contributed by atoms with Gasteiger partial charge in [-0.25, -0.2) is 18.2 Å². The van der Waals surface area contributed by atoms with Gasteiger partial charge in [-0.05, 0) is 19.1 Å². The molecular weight excluding hydrogens is 310 g/mol. The topological polar surface area (TPSA) is 108 Å². The zero-order valence-electron chi connectivity index (χ0n) is 12.3. The largest absolute Gasteiger partial charge is 0.477 e. The van der Waals surface area contributed by atoms with Crippen LogP contribution in [0.5, 0.6) is 0 Å². The van der Waals surface area contributed by atoms with Gasteiger partial charge in [0.05, 0.1) is 11.8 Å². The van der Waals surface area contributed by atoms with E-state index >= 15 is 0 Å². The Bertz CT molecular complexity index is 686. The zero-order valence-corrected chi connectivity index (χ0v) is 13.1. The highest BCUT2D eigenvalue weighted by molar-refractivity contribution is 7.88. The zero-order chi connectivity index (χ0) is 16.5. The van der Waals surface area contributed by atoms with Crippen molar-refractivity contribution in [3.8, 4) is 0 Å². The van der Waals surface area contributed by atoms with E-state index in [1.165, 1.54) is 22.6 Å². The molecule has 1 aliphatic rings. The molecule has 1 N–H and O–H groups in total. The monoisotopic (exact) mass is 327 g/mol. The number of hydrogen-bond acceptors (Lipinski definition) is 5. The predicted molar refractivity (Wildman–Crippen MR) is 78.1 cm³/mol. The molecule has 1 aromatic rings. The molecule has 0 saturated carbocycles. The summed E-state index contributed by atoms with van der Waals surface area (Å²) in [5.41, 5.74) is 0.150. The first kappa shape index (κ1) is 16.4. The minimum atomic E-state index is -3.29. The summed E-state index contributed by atoms with van der Waals surface area (Å²) < 4.78 is 24.6. The van der Waals surface area contributed by atoms with Gasteiger partial charge in [-0.1, -0.05) is 0 Å². The van der Waals surface area contributed by atoms with Crippen LogP contribution in [0.25, 0.3) is 0 Å². The maximum absolute atomic E-state index is 12.4. The highest BCUT2D eigenvalue weighted by atomic mass is 32.2. The van der Waals surface area contributed by atoms with Crippen LogP contribution in [0.4, 0.5) is 0 Å². The second-order valence-electron chi connectivity index (χ2n) is 5.21. The molecule has 0 bridgehead atoms. The number of pyridine rings is 1. The summed E-state index contributed by atoms with van der Waals surface area (Å²) in [4.78, 5) is 28.3. The molecule has 22 heavy (non-hydrogen) atoms. The number of carbonyl (C=O) groups excluding carboxylic acids is 1. The fourth-order valence-corrected chi connectivity index (χ4v) is 3.58. The standard InChI is InChI=1S/C13H17N3O5S/c1-9-8-15(5-6-16(9)22(2,20)21)12(17)10-3-4-11(13(18)19)14-7-10/h3-4,7,9H,5-6,8H2,1-2H3,(H,18,19)/t9-/m0/s1. The van der Waals surface area contributed by atoms with Crippen molar-refractivity contribution in [1.82, 2.24) is 14.2 Å². The minimum Gasteiger partial charge on any atom is -0.477 e. The molecule has 9 heteroatoms. The summed E-state index contributed by atoms with van der Waals surface area (Å²) in [6, 6.07) is 2.37. The Morgan fingerprint density at radius 2 is 2.00 bits per heavy atom. The fraction of sp³-hybridized carbons (Fsp3) is 0.462. The molecule has 120 valence electrons. The van der Waals surface area contributed by atoms with E-state index in [4.69, 9.17) is 5.11 Å². The average molecular weight is 327 g/mol. The van der Waals surface area contributed by atoms with Crippen molar-refractivity contribution in [2.24, 2.45) is 0 Å². The van der Waals surface area contributed by atoms with Crippen molar-refractivity contribution in [3.05, 3.63) is 29.6 Å². The summed E-state index contributed by atoms with van der Waals surface area (Å²) >= 11 is 0. The van der Waals surface area contributed by atoms with Gasteiger partial charge in [0, 0.05) is 31.9 Å². The molecule has 1 aliphatic heterocycles. The first-order valence-electron chi connectivity index (χ1n) is 6.65. The number of hydrogen-bond donors (Lipinski definition) is 1. The predicted octanol–water partition coefficient (Wildman–Crippen LogP) is -0.114. The van der Waals surface area contributed by atoms with Crippen molar-refractivity contribution in [2.45, 2.75) is 13.0 Å². The Morgan fingerprint density at radius 3 is 2.45 bits per heavy atom. The van der Waals surface area contributed by atoms with Crippen molar-refractivity contribution in [2.75, 3.05) is 25.9 Å². The highest BCUT2D eigenvalue weighted by Gasteiger charge is 2.32. The molecule has 0 radical (unpaired) electrons. The van der Waals surface area contributed by atoms with Crippen molar-refractivity contribution >= 4 is 21.9 Å². The van der Waals surface area contributed by atoms with E-state index in [0.29, 0.717) is 0 Å². The third kappa shape index (κ3) is 3.42. The number of aromatic carboxylic acids is 1. The highest BCUT2D eigenvalue weighted by Crippen LogP contribution is 2.15. The van der Waals surface area contributed by atoms with Crippen LogP contribution in [0.1, 0.15) is 27.8 Å². The second kappa shape index (κ2) is 6.01. The SMILES string of the molecule is C[C@H]1CN(C(=O)c2ccc(C(=O)O)nc2)CCN1S(C)(=O)=O. The molecule has 8 nitrogen and oxygen atoms in total. The van der Waals surface area contributed by atoms with Gasteiger partial charge in [0.1, 0.15) is 5.69 Å². The lowest BCUT2D eigenvalue weighted by Crippen LogP contribution is -2.55. The average Bonchev–Trinajstić information content (AvgIpc) is 2.45. The molecule has 1 saturated heterocycles. The third-order valence-corrected chi connectivity index (χ3v) is 4.90. The van der Waals surface area contributed by atoms with Crippen LogP contribution in [0.3, 0.4) is 0 Å². The Labute approximate surface area is 128 Å². The lowest BCUT2D eigenvalue weighted by Gasteiger charge is -2.38. The summed E-state index contributed by atoms with van der Waals surface area (Å²) in [6.07, 6.45) is 2.37. The Kier molecular flexibility index (Phi) is 4.47. The van der Waals surface area contributed by atoms with Gasteiger partial charge in [0.25, 0.3) is 5.91 Å². The molecule has 0 spiro atoms. The lowest BCUT2D eigenvalue weighted by molar-refractivity contribution is 0.0639. The van der Waals surface area contributed by atoms with Crippen LogP contribution in [-0.2, 0) is 10.0 Å². The molecule has 1 aromatic heterocycles. The number of sulfonamides is 1. The van der Waals surface area contributed by atoms with Crippen LogP contribution in [0.15, 0.2) is 18.3 Å². The van der Waals surface area contributed by atoms with Crippen LogP contribution in [0.2, 0.25) is 0 Å². The number of piperazine rings is 1. The minimum absolute atomic E-state index is 0.133. The van der Waals surface area contributed by atoms with Crippen molar-refractivity contribution in [3.63, 3.8) is 0 Å². The van der Waals surface area contributed by atoms with Gasteiger partial charge in [0.2, 0.25) is 10.0 Å². The molecule has 0 aromatic carbocycles. The summed E-state index contributed by atoms with van der Waals surface area (Å²) in [7, 11) is -3.29. The van der Waals surface area contributed by atoms with Crippen LogP contribution in [-0.4, -0.2) is 71.5 Å². The van der Waals surface area contributed by atoms with Crippen molar-refractivity contribution in [1.29, 1.82) is 0 Å². The molecule has 0 unspecified atom stereocenters. The van der Waals surface area contributed by atoms with Crippen LogP contribution < -0.4 is 0 Å².